The summed E-state index contributed by atoms with van der Waals surface area (Å²) < 4.78 is 0. The van der Waals surface area contributed by atoms with Crippen molar-refractivity contribution in [1.82, 2.24) is 15.5 Å². The van der Waals surface area contributed by atoms with Gasteiger partial charge in [0.2, 0.25) is 0 Å². The summed E-state index contributed by atoms with van der Waals surface area (Å²) in [7, 11) is 0. The molecular formula is C15H19N3. The predicted molar refractivity (Wildman–Crippen MR) is 75.2 cm³/mol. The van der Waals surface area contributed by atoms with Crippen molar-refractivity contribution >= 4 is 0 Å². The monoisotopic (exact) mass is 241 g/mol. The van der Waals surface area contributed by atoms with Gasteiger partial charge in [0.05, 0.1) is 11.9 Å². The number of aromatic amines is 1. The zero-order chi connectivity index (χ0) is 12.6. The zero-order valence-electron chi connectivity index (χ0n) is 10.7. The first-order chi connectivity index (χ1) is 8.92. The van der Waals surface area contributed by atoms with E-state index >= 15 is 0 Å². The van der Waals surface area contributed by atoms with Crippen LogP contribution in [0.4, 0.5) is 0 Å². The molecule has 0 aliphatic carbocycles. The van der Waals surface area contributed by atoms with E-state index in [9.17, 15) is 0 Å². The maximum Gasteiger partial charge on any atom is 0.0695 e. The number of aromatic nitrogens is 2. The first-order valence-corrected chi connectivity index (χ1v) is 6.31. The zero-order valence-corrected chi connectivity index (χ0v) is 10.7. The van der Waals surface area contributed by atoms with E-state index in [0.717, 1.165) is 25.2 Å². The van der Waals surface area contributed by atoms with Gasteiger partial charge in [-0.25, -0.2) is 0 Å². The molecule has 0 saturated carbocycles. The standard InChI is InChI=1S/C15H19N3/c1-2-3-7-10-16-11-14-12-17-18-15(14)13-8-5-4-6-9-13/h2-6,8-9,12,16H,7,10-11H2,1H3,(H,17,18)/b3-2+. The molecule has 94 valence electrons. The van der Waals surface area contributed by atoms with Crippen molar-refractivity contribution in [2.45, 2.75) is 19.9 Å². The number of hydrogen-bond donors (Lipinski definition) is 2. The Kier molecular flexibility index (Phi) is 4.73. The van der Waals surface area contributed by atoms with Crippen LogP contribution in [-0.2, 0) is 6.54 Å². The molecule has 2 aromatic rings. The van der Waals surface area contributed by atoms with Crippen LogP contribution in [0.15, 0.2) is 48.7 Å². The quantitative estimate of drug-likeness (QED) is 0.602. The number of nitrogens with zero attached hydrogens (tertiary/aromatic N) is 1. The van der Waals surface area contributed by atoms with Crippen LogP contribution in [-0.4, -0.2) is 16.7 Å². The maximum atomic E-state index is 4.13. The highest BCUT2D eigenvalue weighted by molar-refractivity contribution is 5.62. The Bertz CT molecular complexity index is 485. The van der Waals surface area contributed by atoms with Crippen molar-refractivity contribution in [2.24, 2.45) is 0 Å². The number of rotatable bonds is 6. The molecule has 2 rings (SSSR count). The van der Waals surface area contributed by atoms with E-state index in [1.165, 1.54) is 11.1 Å². The van der Waals surface area contributed by atoms with E-state index in [-0.39, 0.29) is 0 Å². The Balaban J connectivity index is 1.96. The van der Waals surface area contributed by atoms with Gasteiger partial charge >= 0.3 is 0 Å². The normalized spacial score (nSPS) is 11.2. The Morgan fingerprint density at radius 1 is 1.28 bits per heavy atom. The summed E-state index contributed by atoms with van der Waals surface area (Å²) in [4.78, 5) is 0. The second-order valence-electron chi connectivity index (χ2n) is 4.17. The van der Waals surface area contributed by atoms with E-state index in [0.29, 0.717) is 0 Å². The molecule has 3 heteroatoms. The van der Waals surface area contributed by atoms with Crippen molar-refractivity contribution in [3.63, 3.8) is 0 Å². The second-order valence-corrected chi connectivity index (χ2v) is 4.17. The van der Waals surface area contributed by atoms with Crippen molar-refractivity contribution < 1.29 is 0 Å². The van der Waals surface area contributed by atoms with Gasteiger partial charge < -0.3 is 5.32 Å². The summed E-state index contributed by atoms with van der Waals surface area (Å²) in [5, 5.41) is 10.6. The topological polar surface area (TPSA) is 40.7 Å². The molecule has 0 fully saturated rings. The van der Waals surface area contributed by atoms with Crippen molar-refractivity contribution in [3.05, 3.63) is 54.2 Å². The van der Waals surface area contributed by atoms with Crippen LogP contribution in [0.3, 0.4) is 0 Å². The maximum absolute atomic E-state index is 4.13. The molecule has 18 heavy (non-hydrogen) atoms. The van der Waals surface area contributed by atoms with Crippen LogP contribution in [0, 0.1) is 0 Å². The Labute approximate surface area is 108 Å². The second kappa shape index (κ2) is 6.77. The SMILES string of the molecule is C/C=C/CCNCc1cn[nH]c1-c1ccccc1. The molecule has 0 atom stereocenters. The minimum atomic E-state index is 0.846. The van der Waals surface area contributed by atoms with Crippen molar-refractivity contribution in [1.29, 1.82) is 0 Å². The van der Waals surface area contributed by atoms with Crippen LogP contribution in [0.1, 0.15) is 18.9 Å². The van der Waals surface area contributed by atoms with Gasteiger partial charge in [0, 0.05) is 12.1 Å². The summed E-state index contributed by atoms with van der Waals surface area (Å²) in [5.41, 5.74) is 3.50. The molecule has 1 aromatic carbocycles. The molecule has 0 bridgehead atoms. The van der Waals surface area contributed by atoms with Gasteiger partial charge in [-0.3, -0.25) is 5.10 Å². The molecular weight excluding hydrogens is 222 g/mol. The molecule has 1 aromatic heterocycles. The first kappa shape index (κ1) is 12.6. The van der Waals surface area contributed by atoms with Gasteiger partial charge in [0.15, 0.2) is 0 Å². The molecule has 2 N–H and O–H groups in total. The lowest BCUT2D eigenvalue weighted by molar-refractivity contribution is 0.696. The summed E-state index contributed by atoms with van der Waals surface area (Å²) in [6, 6.07) is 10.3. The lowest BCUT2D eigenvalue weighted by Gasteiger charge is -2.04. The van der Waals surface area contributed by atoms with Crippen LogP contribution >= 0.6 is 0 Å². The fraction of sp³-hybridized carbons (Fsp3) is 0.267. The highest BCUT2D eigenvalue weighted by Gasteiger charge is 2.06. The largest absolute Gasteiger partial charge is 0.312 e. The first-order valence-electron chi connectivity index (χ1n) is 6.31. The third-order valence-corrected chi connectivity index (χ3v) is 2.82. The third kappa shape index (κ3) is 3.31. The van der Waals surface area contributed by atoms with Gasteiger partial charge in [-0.05, 0) is 25.5 Å². The lowest BCUT2D eigenvalue weighted by atomic mass is 10.1. The summed E-state index contributed by atoms with van der Waals surface area (Å²) in [6.07, 6.45) is 7.20. The average Bonchev–Trinajstić information content (AvgIpc) is 2.88. The van der Waals surface area contributed by atoms with E-state index in [4.69, 9.17) is 0 Å². The van der Waals surface area contributed by atoms with Gasteiger partial charge in [-0.15, -0.1) is 0 Å². The molecule has 0 saturated heterocycles. The highest BCUT2D eigenvalue weighted by atomic mass is 15.1. The minimum Gasteiger partial charge on any atom is -0.312 e. The Morgan fingerprint density at radius 3 is 2.89 bits per heavy atom. The summed E-state index contributed by atoms with van der Waals surface area (Å²) in [5.74, 6) is 0. The highest BCUT2D eigenvalue weighted by Crippen LogP contribution is 2.20. The van der Waals surface area contributed by atoms with Crippen molar-refractivity contribution in [3.8, 4) is 11.3 Å². The lowest BCUT2D eigenvalue weighted by Crippen LogP contribution is -2.14. The fourth-order valence-electron chi connectivity index (χ4n) is 1.88. The number of H-pyrrole nitrogens is 1. The minimum absolute atomic E-state index is 0.846. The number of allylic oxidation sites excluding steroid dienone is 1. The number of nitrogens with one attached hydrogen (secondary N) is 2. The Hall–Kier alpha value is -1.87. The van der Waals surface area contributed by atoms with Gasteiger partial charge in [0.25, 0.3) is 0 Å². The summed E-state index contributed by atoms with van der Waals surface area (Å²) in [6.45, 7) is 3.88. The van der Waals surface area contributed by atoms with Crippen LogP contribution in [0.2, 0.25) is 0 Å². The van der Waals surface area contributed by atoms with Crippen molar-refractivity contribution in [2.75, 3.05) is 6.54 Å². The molecule has 0 unspecified atom stereocenters. The number of benzene rings is 1. The summed E-state index contributed by atoms with van der Waals surface area (Å²) >= 11 is 0. The van der Waals surface area contributed by atoms with Crippen LogP contribution in [0.5, 0.6) is 0 Å². The van der Waals surface area contributed by atoms with Crippen LogP contribution < -0.4 is 5.32 Å². The van der Waals surface area contributed by atoms with E-state index in [2.05, 4.69) is 39.8 Å². The smallest absolute Gasteiger partial charge is 0.0695 e. The molecule has 0 aliphatic rings. The van der Waals surface area contributed by atoms with Gasteiger partial charge in [0.1, 0.15) is 0 Å². The Morgan fingerprint density at radius 2 is 2.11 bits per heavy atom. The van der Waals surface area contributed by atoms with Crippen LogP contribution in [0.25, 0.3) is 11.3 Å². The molecule has 0 aliphatic heterocycles. The predicted octanol–water partition coefficient (Wildman–Crippen LogP) is 3.13. The molecule has 3 nitrogen and oxygen atoms in total. The third-order valence-electron chi connectivity index (χ3n) is 2.82. The van der Waals surface area contributed by atoms with E-state index in [1.54, 1.807) is 0 Å². The van der Waals surface area contributed by atoms with E-state index < -0.39 is 0 Å². The molecule has 0 spiro atoms. The molecule has 0 amide bonds. The average molecular weight is 241 g/mol. The fourth-order valence-corrected chi connectivity index (χ4v) is 1.88. The van der Waals surface area contributed by atoms with Gasteiger partial charge in [-0.1, -0.05) is 42.5 Å². The molecule has 1 heterocycles. The van der Waals surface area contributed by atoms with Gasteiger partial charge in [-0.2, -0.15) is 5.10 Å². The molecule has 0 radical (unpaired) electrons. The number of hydrogen-bond acceptors (Lipinski definition) is 2. The van der Waals surface area contributed by atoms with E-state index in [1.807, 2.05) is 31.3 Å².